The quantitative estimate of drug-likeness (QED) is 0.363. The number of amides is 2. The molecule has 6 heteroatoms. The van der Waals surface area contributed by atoms with Gasteiger partial charge >= 0.3 is 5.97 Å². The monoisotopic (exact) mass is 426 g/mol. The number of benzene rings is 4. The highest BCUT2D eigenvalue weighted by atomic mass is 16.5. The molecule has 4 rings (SSSR count). The Morgan fingerprint density at radius 2 is 1.44 bits per heavy atom. The molecule has 0 aliphatic rings. The van der Waals surface area contributed by atoms with E-state index in [4.69, 9.17) is 10.5 Å². The van der Waals surface area contributed by atoms with Gasteiger partial charge < -0.3 is 15.8 Å². The fourth-order valence-electron chi connectivity index (χ4n) is 3.90. The van der Waals surface area contributed by atoms with Crippen molar-refractivity contribution in [2.24, 2.45) is 5.73 Å². The molecular weight excluding hydrogens is 404 g/mol. The van der Waals surface area contributed by atoms with E-state index in [1.54, 1.807) is 18.2 Å². The van der Waals surface area contributed by atoms with Gasteiger partial charge in [-0.2, -0.15) is 0 Å². The molecule has 0 saturated heterocycles. The molecule has 2 amide bonds. The Morgan fingerprint density at radius 1 is 0.844 bits per heavy atom. The molecule has 32 heavy (non-hydrogen) atoms. The topological polar surface area (TPSA) is 98.5 Å². The third-order valence-electron chi connectivity index (χ3n) is 5.49. The van der Waals surface area contributed by atoms with Crippen LogP contribution in [0.2, 0.25) is 0 Å². The first kappa shape index (κ1) is 21.1. The van der Waals surface area contributed by atoms with Gasteiger partial charge in [-0.15, -0.1) is 0 Å². The Labute approximate surface area is 185 Å². The van der Waals surface area contributed by atoms with E-state index in [0.717, 1.165) is 27.1 Å². The molecule has 0 radical (unpaired) electrons. The van der Waals surface area contributed by atoms with Crippen LogP contribution in [0.1, 0.15) is 26.3 Å². The van der Waals surface area contributed by atoms with Gasteiger partial charge in [-0.3, -0.25) is 9.59 Å². The summed E-state index contributed by atoms with van der Waals surface area (Å²) in [7, 11) is 1.27. The normalized spacial score (nSPS) is 11.8. The fourth-order valence-corrected chi connectivity index (χ4v) is 3.90. The van der Waals surface area contributed by atoms with Crippen LogP contribution in [0, 0.1) is 0 Å². The zero-order valence-corrected chi connectivity index (χ0v) is 17.5. The van der Waals surface area contributed by atoms with Crippen LogP contribution in [-0.2, 0) is 16.0 Å². The van der Waals surface area contributed by atoms with Crippen LogP contribution in [0.5, 0.6) is 0 Å². The molecular formula is C26H22N2O4. The average molecular weight is 426 g/mol. The molecule has 0 heterocycles. The smallest absolute Gasteiger partial charge is 0.337 e. The number of rotatable bonds is 6. The van der Waals surface area contributed by atoms with Crippen molar-refractivity contribution in [1.82, 2.24) is 5.32 Å². The van der Waals surface area contributed by atoms with E-state index in [2.05, 4.69) is 11.4 Å². The van der Waals surface area contributed by atoms with Crippen molar-refractivity contribution in [3.05, 3.63) is 95.6 Å². The van der Waals surface area contributed by atoms with Crippen molar-refractivity contribution < 1.29 is 19.1 Å². The maximum absolute atomic E-state index is 12.9. The van der Waals surface area contributed by atoms with Gasteiger partial charge in [-0.05, 0) is 51.4 Å². The molecule has 0 aliphatic carbocycles. The molecule has 0 saturated carbocycles. The highest BCUT2D eigenvalue weighted by molar-refractivity contribution is 6.03. The van der Waals surface area contributed by atoms with E-state index in [1.165, 1.54) is 13.2 Å². The Balaban J connectivity index is 1.69. The van der Waals surface area contributed by atoms with Crippen LogP contribution in [0.15, 0.2) is 78.9 Å². The Morgan fingerprint density at radius 3 is 2.03 bits per heavy atom. The first-order valence-corrected chi connectivity index (χ1v) is 10.2. The molecule has 0 bridgehead atoms. The molecule has 0 spiro atoms. The van der Waals surface area contributed by atoms with Crippen molar-refractivity contribution >= 4 is 39.3 Å². The molecule has 1 atom stereocenters. The minimum atomic E-state index is -0.932. The number of ether oxygens (including phenoxy) is 1. The van der Waals surface area contributed by atoms with Crippen LogP contribution >= 0.6 is 0 Å². The van der Waals surface area contributed by atoms with Gasteiger partial charge in [0.1, 0.15) is 6.04 Å². The van der Waals surface area contributed by atoms with Gasteiger partial charge in [0.2, 0.25) is 5.91 Å². The Hall–Kier alpha value is -4.19. The van der Waals surface area contributed by atoms with E-state index in [0.29, 0.717) is 0 Å². The number of fused-ring (bicyclic) bond motifs is 2. The molecule has 0 aliphatic heterocycles. The number of methoxy groups -OCH3 is 1. The third kappa shape index (κ3) is 4.16. The van der Waals surface area contributed by atoms with Crippen molar-refractivity contribution in [2.45, 2.75) is 12.5 Å². The average Bonchev–Trinajstić information content (AvgIpc) is 2.82. The lowest BCUT2D eigenvalue weighted by Gasteiger charge is -2.19. The van der Waals surface area contributed by atoms with Gasteiger partial charge in [0, 0.05) is 12.0 Å². The van der Waals surface area contributed by atoms with Crippen LogP contribution < -0.4 is 11.1 Å². The van der Waals surface area contributed by atoms with Crippen molar-refractivity contribution in [3.63, 3.8) is 0 Å². The van der Waals surface area contributed by atoms with Gasteiger partial charge in [-0.25, -0.2) is 4.79 Å². The number of carbonyl (C=O) groups is 3. The largest absolute Gasteiger partial charge is 0.465 e. The standard InChI is InChI=1S/C26H22N2O4/c1-32-26(31)19-10-6-9-18(14-19)25(30)28-23(24(27)29)15-22-20-11-4-2-7-16(20)13-17-8-3-5-12-21(17)22/h2-14,23H,15H2,1H3,(H2,27,29)(H,28,30)/t23-/m0/s1. The number of hydrogen-bond donors (Lipinski definition) is 2. The van der Waals surface area contributed by atoms with Gasteiger partial charge in [0.15, 0.2) is 0 Å². The second kappa shape index (κ2) is 8.89. The summed E-state index contributed by atoms with van der Waals surface area (Å²) in [6.45, 7) is 0. The van der Waals surface area contributed by atoms with E-state index in [1.807, 2.05) is 48.5 Å². The summed E-state index contributed by atoms with van der Waals surface area (Å²) < 4.78 is 4.71. The summed E-state index contributed by atoms with van der Waals surface area (Å²) in [4.78, 5) is 36.9. The third-order valence-corrected chi connectivity index (χ3v) is 5.49. The molecule has 4 aromatic rings. The van der Waals surface area contributed by atoms with Crippen molar-refractivity contribution in [3.8, 4) is 0 Å². The number of hydrogen-bond acceptors (Lipinski definition) is 4. The highest BCUT2D eigenvalue weighted by Gasteiger charge is 2.22. The second-order valence-corrected chi connectivity index (χ2v) is 7.50. The summed E-state index contributed by atoms with van der Waals surface area (Å²) in [6, 6.07) is 23.1. The van der Waals surface area contributed by atoms with Gasteiger partial charge in [0.25, 0.3) is 5.91 Å². The van der Waals surface area contributed by atoms with Crippen LogP contribution in [0.25, 0.3) is 21.5 Å². The Bertz CT molecular complexity index is 1290. The predicted molar refractivity (Wildman–Crippen MR) is 123 cm³/mol. The maximum Gasteiger partial charge on any atom is 0.337 e. The first-order chi connectivity index (χ1) is 15.5. The predicted octanol–water partition coefficient (Wildman–Crippen LogP) is 3.61. The maximum atomic E-state index is 12.9. The number of nitrogens with one attached hydrogen (secondary N) is 1. The zero-order valence-electron chi connectivity index (χ0n) is 17.5. The number of nitrogens with two attached hydrogens (primary N) is 1. The summed E-state index contributed by atoms with van der Waals surface area (Å²) in [5.74, 6) is -1.68. The SMILES string of the molecule is COC(=O)c1cccc(C(=O)N[C@@H](Cc2c3ccccc3cc3ccccc23)C(N)=O)c1. The van der Waals surface area contributed by atoms with E-state index in [-0.39, 0.29) is 17.5 Å². The number of primary amides is 1. The lowest BCUT2D eigenvalue weighted by Crippen LogP contribution is -2.46. The molecule has 6 nitrogen and oxygen atoms in total. The lowest BCUT2D eigenvalue weighted by molar-refractivity contribution is -0.119. The van der Waals surface area contributed by atoms with Crippen molar-refractivity contribution in [1.29, 1.82) is 0 Å². The summed E-state index contributed by atoms with van der Waals surface area (Å²) >= 11 is 0. The molecule has 4 aromatic carbocycles. The van der Waals surface area contributed by atoms with E-state index < -0.39 is 23.8 Å². The molecule has 160 valence electrons. The summed E-state index contributed by atoms with van der Waals surface area (Å²) in [6.07, 6.45) is 0.236. The molecule has 0 unspecified atom stereocenters. The minimum Gasteiger partial charge on any atom is -0.465 e. The van der Waals surface area contributed by atoms with Gasteiger partial charge in [0.05, 0.1) is 12.7 Å². The van der Waals surface area contributed by atoms with Crippen LogP contribution in [-0.4, -0.2) is 30.9 Å². The number of esters is 1. The van der Waals surface area contributed by atoms with Gasteiger partial charge in [-0.1, -0.05) is 54.6 Å². The van der Waals surface area contributed by atoms with Crippen LogP contribution in [0.3, 0.4) is 0 Å². The second-order valence-electron chi connectivity index (χ2n) is 7.50. The first-order valence-electron chi connectivity index (χ1n) is 10.2. The van der Waals surface area contributed by atoms with E-state index in [9.17, 15) is 14.4 Å². The Kier molecular flexibility index (Phi) is 5.85. The highest BCUT2D eigenvalue weighted by Crippen LogP contribution is 2.29. The van der Waals surface area contributed by atoms with Crippen molar-refractivity contribution in [2.75, 3.05) is 7.11 Å². The summed E-state index contributed by atoms with van der Waals surface area (Å²) in [5.41, 5.74) is 7.09. The molecule has 3 N–H and O–H groups in total. The number of carbonyl (C=O) groups excluding carboxylic acids is 3. The lowest BCUT2D eigenvalue weighted by atomic mass is 9.92. The molecule has 0 fully saturated rings. The summed E-state index contributed by atoms with van der Waals surface area (Å²) in [5, 5.41) is 6.81. The molecule has 0 aromatic heterocycles. The van der Waals surface area contributed by atoms with Crippen LogP contribution in [0.4, 0.5) is 0 Å². The zero-order chi connectivity index (χ0) is 22.7. The van der Waals surface area contributed by atoms with E-state index >= 15 is 0 Å². The fraction of sp³-hybridized carbons (Fsp3) is 0.115. The minimum absolute atomic E-state index is 0.236.